The van der Waals surface area contributed by atoms with Crippen LogP contribution in [0.2, 0.25) is 0 Å². The van der Waals surface area contributed by atoms with Crippen LogP contribution in [0.3, 0.4) is 0 Å². The second-order valence-electron chi connectivity index (χ2n) is 5.54. The van der Waals surface area contributed by atoms with Crippen LogP contribution in [0.1, 0.15) is 57.1 Å². The van der Waals surface area contributed by atoms with Gasteiger partial charge in [-0.3, -0.25) is 0 Å². The summed E-state index contributed by atoms with van der Waals surface area (Å²) in [5.41, 5.74) is 0.118. The molecule has 2 N–H and O–H groups in total. The molecule has 1 aliphatic carbocycles. The third-order valence-corrected chi connectivity index (χ3v) is 3.95. The first kappa shape index (κ1) is 14.4. The van der Waals surface area contributed by atoms with Crippen molar-refractivity contribution in [1.29, 1.82) is 0 Å². The van der Waals surface area contributed by atoms with Gasteiger partial charge in [0.2, 0.25) is 0 Å². The van der Waals surface area contributed by atoms with Crippen LogP contribution >= 0.6 is 0 Å². The maximum atomic E-state index is 10.4. The molecule has 1 aliphatic rings. The Morgan fingerprint density at radius 1 is 1.21 bits per heavy atom. The number of hydrogen-bond acceptors (Lipinski definition) is 3. The van der Waals surface area contributed by atoms with Gasteiger partial charge in [-0.1, -0.05) is 44.4 Å². The van der Waals surface area contributed by atoms with Gasteiger partial charge in [0.1, 0.15) is 12.4 Å². The van der Waals surface area contributed by atoms with Crippen molar-refractivity contribution in [3.8, 4) is 5.75 Å². The van der Waals surface area contributed by atoms with E-state index in [1.807, 2.05) is 31.2 Å². The summed E-state index contributed by atoms with van der Waals surface area (Å²) in [5.74, 6) is 0.691. The molecule has 0 aliphatic heterocycles. The molecule has 0 aromatic heterocycles. The van der Waals surface area contributed by atoms with Crippen LogP contribution in [0.15, 0.2) is 24.3 Å². The Hall–Kier alpha value is -1.06. The van der Waals surface area contributed by atoms with E-state index < -0.39 is 11.7 Å². The standard InChI is InChI=1S/C16H24O3/c1-2-14(17)13-8-4-5-9-15(13)19-12-16(18)10-6-3-7-11-16/h4-5,8-9,14,17-18H,2-3,6-7,10-12H2,1H3/t14-/m1/s1. The smallest absolute Gasteiger partial charge is 0.125 e. The molecular formula is C16H24O3. The molecule has 19 heavy (non-hydrogen) atoms. The molecule has 1 fully saturated rings. The molecule has 0 spiro atoms. The van der Waals surface area contributed by atoms with Gasteiger partial charge < -0.3 is 14.9 Å². The van der Waals surface area contributed by atoms with Gasteiger partial charge in [-0.25, -0.2) is 0 Å². The number of rotatable bonds is 5. The van der Waals surface area contributed by atoms with Gasteiger partial charge in [-0.15, -0.1) is 0 Å². The molecule has 2 rings (SSSR count). The lowest BCUT2D eigenvalue weighted by molar-refractivity contribution is -0.0346. The van der Waals surface area contributed by atoms with E-state index in [-0.39, 0.29) is 0 Å². The summed E-state index contributed by atoms with van der Waals surface area (Å²) in [6.07, 6.45) is 5.12. The topological polar surface area (TPSA) is 49.7 Å². The highest BCUT2D eigenvalue weighted by Crippen LogP contribution is 2.31. The first-order valence-corrected chi connectivity index (χ1v) is 7.27. The van der Waals surface area contributed by atoms with Crippen molar-refractivity contribution in [3.63, 3.8) is 0 Å². The maximum Gasteiger partial charge on any atom is 0.125 e. The van der Waals surface area contributed by atoms with Gasteiger partial charge in [0.05, 0.1) is 11.7 Å². The average Bonchev–Trinajstić information content (AvgIpc) is 2.45. The number of para-hydroxylation sites is 1. The molecule has 0 heterocycles. The number of benzene rings is 1. The highest BCUT2D eigenvalue weighted by Gasteiger charge is 2.30. The van der Waals surface area contributed by atoms with E-state index in [1.54, 1.807) is 0 Å². The van der Waals surface area contributed by atoms with Crippen molar-refractivity contribution in [2.24, 2.45) is 0 Å². The van der Waals surface area contributed by atoms with E-state index in [0.717, 1.165) is 31.2 Å². The fourth-order valence-electron chi connectivity index (χ4n) is 2.67. The Balaban J connectivity index is 2.02. The second kappa shape index (κ2) is 6.40. The van der Waals surface area contributed by atoms with Crippen LogP contribution in [0, 0.1) is 0 Å². The van der Waals surface area contributed by atoms with Gasteiger partial charge in [0, 0.05) is 5.56 Å². The molecule has 0 amide bonds. The summed E-state index contributed by atoms with van der Waals surface area (Å²) in [4.78, 5) is 0. The zero-order valence-corrected chi connectivity index (χ0v) is 11.6. The van der Waals surface area contributed by atoms with Crippen LogP contribution < -0.4 is 4.74 Å². The molecular weight excluding hydrogens is 240 g/mol. The zero-order valence-electron chi connectivity index (χ0n) is 11.6. The largest absolute Gasteiger partial charge is 0.490 e. The monoisotopic (exact) mass is 264 g/mol. The van der Waals surface area contributed by atoms with Gasteiger partial charge in [0.25, 0.3) is 0 Å². The molecule has 0 bridgehead atoms. The van der Waals surface area contributed by atoms with Crippen LogP contribution in [0.4, 0.5) is 0 Å². The normalized spacial score (nSPS) is 19.9. The lowest BCUT2D eigenvalue weighted by atomic mass is 9.85. The first-order chi connectivity index (χ1) is 9.14. The summed E-state index contributed by atoms with van der Waals surface area (Å²) in [7, 11) is 0. The molecule has 106 valence electrons. The van der Waals surface area contributed by atoms with Crippen LogP contribution in [0.25, 0.3) is 0 Å². The van der Waals surface area contributed by atoms with E-state index in [0.29, 0.717) is 18.8 Å². The molecule has 1 aromatic rings. The quantitative estimate of drug-likeness (QED) is 0.858. The Kier molecular flexibility index (Phi) is 4.83. The minimum Gasteiger partial charge on any atom is -0.490 e. The van der Waals surface area contributed by atoms with Crippen molar-refractivity contribution in [2.45, 2.75) is 57.2 Å². The summed E-state index contributed by atoms with van der Waals surface area (Å²) >= 11 is 0. The Bertz CT molecular complexity index is 397. The minimum atomic E-state index is -0.692. The summed E-state index contributed by atoms with van der Waals surface area (Å²) in [6.45, 7) is 2.26. The van der Waals surface area contributed by atoms with Gasteiger partial charge in [-0.05, 0) is 25.3 Å². The Morgan fingerprint density at radius 2 is 1.89 bits per heavy atom. The van der Waals surface area contributed by atoms with Crippen LogP contribution in [-0.2, 0) is 0 Å². The average molecular weight is 264 g/mol. The minimum absolute atomic E-state index is 0.320. The number of hydrogen-bond donors (Lipinski definition) is 2. The van der Waals surface area contributed by atoms with Crippen LogP contribution in [-0.4, -0.2) is 22.4 Å². The van der Waals surface area contributed by atoms with E-state index in [2.05, 4.69) is 0 Å². The molecule has 1 saturated carbocycles. The van der Waals surface area contributed by atoms with E-state index in [9.17, 15) is 10.2 Å². The third kappa shape index (κ3) is 3.71. The van der Waals surface area contributed by atoms with E-state index >= 15 is 0 Å². The molecule has 0 saturated heterocycles. The molecule has 0 radical (unpaired) electrons. The van der Waals surface area contributed by atoms with Gasteiger partial charge in [0.15, 0.2) is 0 Å². The van der Waals surface area contributed by atoms with Crippen molar-refractivity contribution >= 4 is 0 Å². The summed E-state index contributed by atoms with van der Waals surface area (Å²) < 4.78 is 5.79. The van der Waals surface area contributed by atoms with Crippen molar-refractivity contribution < 1.29 is 14.9 Å². The molecule has 3 nitrogen and oxygen atoms in total. The van der Waals surface area contributed by atoms with Gasteiger partial charge in [-0.2, -0.15) is 0 Å². The van der Waals surface area contributed by atoms with Crippen molar-refractivity contribution in [3.05, 3.63) is 29.8 Å². The lowest BCUT2D eigenvalue weighted by Crippen LogP contribution is -2.38. The highest BCUT2D eigenvalue weighted by atomic mass is 16.5. The van der Waals surface area contributed by atoms with E-state index in [1.165, 1.54) is 6.42 Å². The van der Waals surface area contributed by atoms with E-state index in [4.69, 9.17) is 4.74 Å². The van der Waals surface area contributed by atoms with Crippen molar-refractivity contribution in [2.75, 3.05) is 6.61 Å². The number of aliphatic hydroxyl groups excluding tert-OH is 1. The highest BCUT2D eigenvalue weighted by molar-refractivity contribution is 5.35. The first-order valence-electron chi connectivity index (χ1n) is 7.27. The predicted octanol–water partition coefficient (Wildman–Crippen LogP) is 3.20. The number of aliphatic hydroxyl groups is 2. The predicted molar refractivity (Wildman–Crippen MR) is 75.2 cm³/mol. The SMILES string of the molecule is CC[C@@H](O)c1ccccc1OCC1(O)CCCCC1. The fourth-order valence-corrected chi connectivity index (χ4v) is 2.67. The lowest BCUT2D eigenvalue weighted by Gasteiger charge is -2.32. The fraction of sp³-hybridized carbons (Fsp3) is 0.625. The maximum absolute atomic E-state index is 10.4. The van der Waals surface area contributed by atoms with Gasteiger partial charge >= 0.3 is 0 Å². The molecule has 3 heteroatoms. The summed E-state index contributed by atoms with van der Waals surface area (Å²) in [5, 5.41) is 20.4. The summed E-state index contributed by atoms with van der Waals surface area (Å²) in [6, 6.07) is 7.54. The molecule has 1 aromatic carbocycles. The Labute approximate surface area is 115 Å². The van der Waals surface area contributed by atoms with Crippen LogP contribution in [0.5, 0.6) is 5.75 Å². The zero-order chi connectivity index (χ0) is 13.7. The van der Waals surface area contributed by atoms with Crippen molar-refractivity contribution in [1.82, 2.24) is 0 Å². The Morgan fingerprint density at radius 3 is 2.58 bits per heavy atom. The molecule has 0 unspecified atom stereocenters. The molecule has 1 atom stereocenters. The third-order valence-electron chi connectivity index (χ3n) is 3.95. The number of ether oxygens (including phenoxy) is 1. The second-order valence-corrected chi connectivity index (χ2v) is 5.54.